The summed E-state index contributed by atoms with van der Waals surface area (Å²) in [6.07, 6.45) is 2.28. The van der Waals surface area contributed by atoms with Gasteiger partial charge in [0.2, 0.25) is 10.0 Å². The lowest BCUT2D eigenvalue weighted by Gasteiger charge is -2.18. The molecule has 25 heavy (non-hydrogen) atoms. The van der Waals surface area contributed by atoms with Crippen LogP contribution in [0.1, 0.15) is 12.8 Å². The molecule has 0 atom stereocenters. The zero-order valence-electron chi connectivity index (χ0n) is 13.4. The Morgan fingerprint density at radius 3 is 2.44 bits per heavy atom. The van der Waals surface area contributed by atoms with E-state index in [1.807, 2.05) is 18.2 Å². The maximum atomic E-state index is 11.6. The first-order valence-electron chi connectivity index (χ1n) is 7.78. The number of anilines is 3. The van der Waals surface area contributed by atoms with Crippen LogP contribution in [0.3, 0.4) is 0 Å². The van der Waals surface area contributed by atoms with Crippen LogP contribution in [0.25, 0.3) is 0 Å². The summed E-state index contributed by atoms with van der Waals surface area (Å²) in [6, 6.07) is 11.5. The number of para-hydroxylation sites is 1. The summed E-state index contributed by atoms with van der Waals surface area (Å²) in [7, 11) is -4.20. The van der Waals surface area contributed by atoms with Crippen LogP contribution in [0.2, 0.25) is 0 Å². The Balaban J connectivity index is 1.98. The van der Waals surface area contributed by atoms with Crippen LogP contribution in [-0.2, 0) is 10.0 Å². The smallest absolute Gasteiger partial charge is 0.312 e. The Morgan fingerprint density at radius 2 is 1.80 bits per heavy atom. The molecule has 3 N–H and O–H groups in total. The van der Waals surface area contributed by atoms with Crippen LogP contribution in [0.15, 0.2) is 47.4 Å². The van der Waals surface area contributed by atoms with Gasteiger partial charge in [0, 0.05) is 24.5 Å². The molecule has 1 aliphatic rings. The second-order valence-corrected chi connectivity index (χ2v) is 7.35. The summed E-state index contributed by atoms with van der Waals surface area (Å²) >= 11 is 0. The summed E-state index contributed by atoms with van der Waals surface area (Å²) < 4.78 is 23.3. The molecule has 0 bridgehead atoms. The molecular weight excluding hydrogens is 344 g/mol. The molecule has 2 aromatic rings. The maximum absolute atomic E-state index is 11.6. The molecule has 0 aromatic heterocycles. The Labute approximate surface area is 145 Å². The number of hydrogen-bond donors (Lipinski definition) is 2. The van der Waals surface area contributed by atoms with E-state index in [0.29, 0.717) is 5.69 Å². The van der Waals surface area contributed by atoms with E-state index in [9.17, 15) is 18.5 Å². The highest BCUT2D eigenvalue weighted by Crippen LogP contribution is 2.34. The van der Waals surface area contributed by atoms with Crippen molar-refractivity contribution >= 4 is 32.8 Å². The van der Waals surface area contributed by atoms with Crippen molar-refractivity contribution in [3.8, 4) is 0 Å². The molecule has 3 rings (SSSR count). The molecule has 132 valence electrons. The average Bonchev–Trinajstić information content (AvgIpc) is 3.08. The van der Waals surface area contributed by atoms with Gasteiger partial charge in [-0.25, -0.2) is 13.6 Å². The molecule has 8 nitrogen and oxygen atoms in total. The largest absolute Gasteiger partial charge is 0.371 e. The van der Waals surface area contributed by atoms with Crippen LogP contribution in [0, 0.1) is 10.1 Å². The van der Waals surface area contributed by atoms with Gasteiger partial charge in [-0.05, 0) is 43.2 Å². The van der Waals surface area contributed by atoms with E-state index in [1.54, 1.807) is 6.07 Å². The lowest BCUT2D eigenvalue weighted by Crippen LogP contribution is -2.17. The lowest BCUT2D eigenvalue weighted by molar-refractivity contribution is -0.386. The minimum absolute atomic E-state index is 0.0788. The topological polar surface area (TPSA) is 119 Å². The quantitative estimate of drug-likeness (QED) is 0.623. The van der Waals surface area contributed by atoms with E-state index in [1.165, 1.54) is 12.1 Å². The molecule has 2 aromatic carbocycles. The molecule has 0 spiro atoms. The van der Waals surface area contributed by atoms with Gasteiger partial charge in [-0.3, -0.25) is 10.1 Å². The third kappa shape index (κ3) is 3.72. The highest BCUT2D eigenvalue weighted by molar-refractivity contribution is 7.89. The highest BCUT2D eigenvalue weighted by atomic mass is 32.2. The molecule has 0 aliphatic carbocycles. The summed E-state index contributed by atoms with van der Waals surface area (Å²) in [5, 5.41) is 19.4. The number of primary sulfonamides is 1. The van der Waals surface area contributed by atoms with Gasteiger partial charge >= 0.3 is 5.69 Å². The van der Waals surface area contributed by atoms with Crippen LogP contribution in [0.5, 0.6) is 0 Å². The number of sulfonamides is 1. The number of nitro groups is 1. The summed E-state index contributed by atoms with van der Waals surface area (Å²) in [4.78, 5) is 12.4. The molecule has 9 heteroatoms. The normalized spacial score (nSPS) is 14.5. The Hall–Kier alpha value is -2.65. The molecule has 0 amide bonds. The Bertz CT molecular complexity index is 908. The van der Waals surface area contributed by atoms with Crippen molar-refractivity contribution in [1.29, 1.82) is 0 Å². The second kappa shape index (κ2) is 6.69. The zero-order valence-corrected chi connectivity index (χ0v) is 14.2. The predicted octanol–water partition coefficient (Wildman–Crippen LogP) is 2.59. The van der Waals surface area contributed by atoms with Crippen LogP contribution >= 0.6 is 0 Å². The van der Waals surface area contributed by atoms with Gasteiger partial charge in [0.1, 0.15) is 5.69 Å². The standard InChI is InChI=1S/C16H18N4O4S/c17-25(23,24)15-8-4-7-14(16(15)20(21)22)18-12-5-3-6-13(11-12)19-9-1-2-10-19/h3-8,11,18H,1-2,9-10H2,(H2,17,23,24). The summed E-state index contributed by atoms with van der Waals surface area (Å²) in [6.45, 7) is 1.95. The SMILES string of the molecule is NS(=O)(=O)c1cccc(Nc2cccc(N3CCCC3)c2)c1[N+](=O)[O-]. The maximum Gasteiger partial charge on any atom is 0.312 e. The number of hydrogen-bond acceptors (Lipinski definition) is 6. The van der Waals surface area contributed by atoms with E-state index in [4.69, 9.17) is 5.14 Å². The number of nitro benzene ring substituents is 1. The summed E-state index contributed by atoms with van der Waals surface area (Å²) in [5.41, 5.74) is 1.18. The first kappa shape index (κ1) is 17.2. The van der Waals surface area contributed by atoms with Crippen molar-refractivity contribution in [2.75, 3.05) is 23.3 Å². The molecule has 1 fully saturated rings. The number of rotatable bonds is 5. The molecule has 1 aliphatic heterocycles. The van der Waals surface area contributed by atoms with Gasteiger partial charge in [-0.1, -0.05) is 12.1 Å². The molecular formula is C16H18N4O4S. The lowest BCUT2D eigenvalue weighted by atomic mass is 10.2. The van der Waals surface area contributed by atoms with Gasteiger partial charge < -0.3 is 10.2 Å². The van der Waals surface area contributed by atoms with Crippen LogP contribution in [0.4, 0.5) is 22.7 Å². The zero-order chi connectivity index (χ0) is 18.0. The van der Waals surface area contributed by atoms with Gasteiger partial charge in [0.15, 0.2) is 4.90 Å². The predicted molar refractivity (Wildman–Crippen MR) is 95.6 cm³/mol. The minimum atomic E-state index is -4.20. The molecule has 0 unspecified atom stereocenters. The Morgan fingerprint density at radius 1 is 1.12 bits per heavy atom. The highest BCUT2D eigenvalue weighted by Gasteiger charge is 2.26. The second-order valence-electron chi connectivity index (χ2n) is 5.82. The van der Waals surface area contributed by atoms with Crippen LogP contribution in [-0.4, -0.2) is 26.4 Å². The van der Waals surface area contributed by atoms with E-state index in [2.05, 4.69) is 10.2 Å². The fourth-order valence-corrected chi connectivity index (χ4v) is 3.67. The monoisotopic (exact) mass is 362 g/mol. The number of benzene rings is 2. The fourth-order valence-electron chi connectivity index (χ4n) is 2.95. The van der Waals surface area contributed by atoms with Gasteiger partial charge in [0.25, 0.3) is 0 Å². The average molecular weight is 362 g/mol. The molecule has 1 saturated heterocycles. The van der Waals surface area contributed by atoms with E-state index < -0.39 is 25.5 Å². The number of nitrogens with two attached hydrogens (primary N) is 1. The van der Waals surface area contributed by atoms with E-state index >= 15 is 0 Å². The van der Waals surface area contributed by atoms with Crippen LogP contribution < -0.4 is 15.4 Å². The fraction of sp³-hybridized carbons (Fsp3) is 0.250. The van der Waals surface area contributed by atoms with Crippen molar-refractivity contribution < 1.29 is 13.3 Å². The Kier molecular flexibility index (Phi) is 4.60. The van der Waals surface area contributed by atoms with Crippen molar-refractivity contribution in [1.82, 2.24) is 0 Å². The van der Waals surface area contributed by atoms with Gasteiger partial charge in [0.05, 0.1) is 4.92 Å². The van der Waals surface area contributed by atoms with Crippen molar-refractivity contribution in [3.05, 3.63) is 52.6 Å². The number of nitrogens with one attached hydrogen (secondary N) is 1. The van der Waals surface area contributed by atoms with Gasteiger partial charge in [-0.15, -0.1) is 0 Å². The van der Waals surface area contributed by atoms with Crippen molar-refractivity contribution in [2.24, 2.45) is 5.14 Å². The first-order chi connectivity index (χ1) is 11.9. The molecule has 1 heterocycles. The molecule has 0 radical (unpaired) electrons. The third-order valence-electron chi connectivity index (χ3n) is 4.08. The first-order valence-corrected chi connectivity index (χ1v) is 9.33. The van der Waals surface area contributed by atoms with E-state index in [0.717, 1.165) is 37.7 Å². The molecule has 0 saturated carbocycles. The number of nitrogens with zero attached hydrogens (tertiary/aromatic N) is 2. The van der Waals surface area contributed by atoms with Gasteiger partial charge in [-0.2, -0.15) is 0 Å². The minimum Gasteiger partial charge on any atom is -0.371 e. The summed E-state index contributed by atoms with van der Waals surface area (Å²) in [5.74, 6) is 0. The van der Waals surface area contributed by atoms with Crippen molar-refractivity contribution in [2.45, 2.75) is 17.7 Å². The van der Waals surface area contributed by atoms with E-state index in [-0.39, 0.29) is 5.69 Å². The third-order valence-corrected chi connectivity index (χ3v) is 5.03. The van der Waals surface area contributed by atoms with Crippen molar-refractivity contribution in [3.63, 3.8) is 0 Å².